The Morgan fingerprint density at radius 1 is 1.05 bits per heavy atom. The van der Waals surface area contributed by atoms with Crippen LogP contribution in [0.2, 0.25) is 0 Å². The summed E-state index contributed by atoms with van der Waals surface area (Å²) in [6.07, 6.45) is 2.07. The van der Waals surface area contributed by atoms with E-state index in [-0.39, 0.29) is 35.6 Å². The summed E-state index contributed by atoms with van der Waals surface area (Å²) in [5.41, 5.74) is 1.05. The molecule has 5 N–H and O–H groups in total. The van der Waals surface area contributed by atoms with Gasteiger partial charge in [-0.25, -0.2) is 4.98 Å². The second kappa shape index (κ2) is 14.4. The maximum absolute atomic E-state index is 13.0. The zero-order valence-electron chi connectivity index (χ0n) is 21.7. The van der Waals surface area contributed by atoms with Crippen LogP contribution in [-0.4, -0.2) is 58.6 Å². The first-order chi connectivity index (χ1) is 18.8. The SMILES string of the molecule is CC(C)C[C@H]1NC(=O)c2cc(on2)CNCCNC(=O)[C@H](Cc2ccccc2)NC(=O)c2coc1n2.O=CO. The highest BCUT2D eigenvalue weighted by Gasteiger charge is 2.27. The molecule has 3 aromatic rings. The minimum Gasteiger partial charge on any atom is -0.483 e. The lowest BCUT2D eigenvalue weighted by molar-refractivity contribution is -0.123. The number of benzene rings is 1. The van der Waals surface area contributed by atoms with Crippen molar-refractivity contribution >= 4 is 24.2 Å². The van der Waals surface area contributed by atoms with Crippen LogP contribution < -0.4 is 21.3 Å². The van der Waals surface area contributed by atoms with Crippen molar-refractivity contribution in [3.05, 3.63) is 71.3 Å². The van der Waals surface area contributed by atoms with Crippen molar-refractivity contribution in [3.63, 3.8) is 0 Å². The normalized spacial score (nSPS) is 18.5. The number of aromatic nitrogens is 2. The number of carboxylic acid groups (broad SMARTS) is 1. The number of amides is 3. The molecule has 4 rings (SSSR count). The molecule has 1 aromatic carbocycles. The topological polar surface area (TPSA) is 189 Å². The molecule has 1 aliphatic rings. The minimum absolute atomic E-state index is 0.0189. The molecule has 2 aromatic heterocycles. The molecular formula is C26H32N6O7. The van der Waals surface area contributed by atoms with Crippen molar-refractivity contribution in [2.24, 2.45) is 5.92 Å². The minimum atomic E-state index is -0.818. The monoisotopic (exact) mass is 540 g/mol. The van der Waals surface area contributed by atoms with Gasteiger partial charge in [-0.2, -0.15) is 0 Å². The fourth-order valence-corrected chi connectivity index (χ4v) is 3.88. The van der Waals surface area contributed by atoms with E-state index in [4.69, 9.17) is 18.8 Å². The van der Waals surface area contributed by atoms with E-state index in [9.17, 15) is 14.4 Å². The lowest BCUT2D eigenvalue weighted by Crippen LogP contribution is -2.49. The van der Waals surface area contributed by atoms with Crippen molar-refractivity contribution in [2.45, 2.75) is 45.3 Å². The summed E-state index contributed by atoms with van der Waals surface area (Å²) in [6.45, 7) is 4.86. The second-order valence-corrected chi connectivity index (χ2v) is 9.19. The molecule has 208 valence electrons. The molecule has 1 aliphatic heterocycles. The molecule has 0 unspecified atom stereocenters. The first kappa shape index (κ1) is 29.0. The Morgan fingerprint density at radius 3 is 2.46 bits per heavy atom. The van der Waals surface area contributed by atoms with E-state index in [1.54, 1.807) is 6.07 Å². The molecule has 39 heavy (non-hydrogen) atoms. The number of fused-ring (bicyclic) bond motifs is 4. The molecule has 0 saturated heterocycles. The van der Waals surface area contributed by atoms with Gasteiger partial charge in [0.1, 0.15) is 18.3 Å². The fraction of sp³-hybridized carbons (Fsp3) is 0.385. The van der Waals surface area contributed by atoms with Crippen LogP contribution >= 0.6 is 0 Å². The molecule has 3 heterocycles. The molecule has 0 saturated carbocycles. The first-order valence-electron chi connectivity index (χ1n) is 12.4. The average molecular weight is 541 g/mol. The van der Waals surface area contributed by atoms with E-state index in [2.05, 4.69) is 31.4 Å². The molecule has 13 nitrogen and oxygen atoms in total. The summed E-state index contributed by atoms with van der Waals surface area (Å²) in [4.78, 5) is 51.5. The largest absolute Gasteiger partial charge is 0.483 e. The van der Waals surface area contributed by atoms with Gasteiger partial charge in [0.2, 0.25) is 11.8 Å². The summed E-state index contributed by atoms with van der Waals surface area (Å²) in [5.74, 6) is -0.412. The molecule has 2 atom stereocenters. The van der Waals surface area contributed by atoms with Crippen LogP contribution in [-0.2, 0) is 22.6 Å². The van der Waals surface area contributed by atoms with E-state index < -0.39 is 23.9 Å². The van der Waals surface area contributed by atoms with Crippen molar-refractivity contribution in [3.8, 4) is 0 Å². The van der Waals surface area contributed by atoms with E-state index in [1.165, 1.54) is 6.26 Å². The molecular weight excluding hydrogens is 508 g/mol. The Balaban J connectivity index is 0.00000134. The zero-order valence-corrected chi connectivity index (χ0v) is 21.7. The van der Waals surface area contributed by atoms with Crippen LogP contribution in [0.3, 0.4) is 0 Å². The molecule has 0 aliphatic carbocycles. The van der Waals surface area contributed by atoms with E-state index in [0.29, 0.717) is 38.2 Å². The van der Waals surface area contributed by atoms with Crippen LogP contribution in [0.15, 0.2) is 51.6 Å². The van der Waals surface area contributed by atoms with Crippen molar-refractivity contribution in [1.82, 2.24) is 31.4 Å². The summed E-state index contributed by atoms with van der Waals surface area (Å²) < 4.78 is 10.8. The zero-order chi connectivity index (χ0) is 28.2. The summed E-state index contributed by atoms with van der Waals surface area (Å²) in [6, 6.07) is 9.59. The quantitative estimate of drug-likeness (QED) is 0.303. The Bertz CT molecular complexity index is 1240. The Labute approximate surface area is 224 Å². The van der Waals surface area contributed by atoms with Crippen molar-refractivity contribution in [1.29, 1.82) is 0 Å². The standard InChI is InChI=1S/C25H30N6O5.CH2O2/c1-15(2)10-20-25-30-21(14-35-25)24(34)28-18(11-16-6-4-3-5-7-16)22(32)27-9-8-26-13-17-12-19(31-36-17)23(33)29-20;2-1-3/h3-7,12,14-15,18,20,26H,8-11,13H2,1-2H3,(H,27,32)(H,28,34)(H,29,33);1H,(H,2,3)/t18-,20+;/m0./s1. The average Bonchev–Trinajstić information content (AvgIpc) is 3.58. The maximum Gasteiger partial charge on any atom is 0.290 e. The van der Waals surface area contributed by atoms with Crippen LogP contribution in [0, 0.1) is 5.92 Å². The third-order valence-corrected chi connectivity index (χ3v) is 5.66. The van der Waals surface area contributed by atoms with E-state index >= 15 is 0 Å². The summed E-state index contributed by atoms with van der Waals surface area (Å²) in [5, 5.41) is 22.4. The lowest BCUT2D eigenvalue weighted by atomic mass is 10.0. The number of carbonyl (C=O) groups is 4. The molecule has 3 amide bonds. The van der Waals surface area contributed by atoms with Crippen LogP contribution in [0.25, 0.3) is 0 Å². The van der Waals surface area contributed by atoms with Crippen molar-refractivity contribution in [2.75, 3.05) is 13.1 Å². The first-order valence-corrected chi connectivity index (χ1v) is 12.4. The Hall–Kier alpha value is -4.52. The van der Waals surface area contributed by atoms with E-state index in [0.717, 1.165) is 5.56 Å². The lowest BCUT2D eigenvalue weighted by Gasteiger charge is -2.18. The van der Waals surface area contributed by atoms with E-state index in [1.807, 2.05) is 44.2 Å². The van der Waals surface area contributed by atoms with Gasteiger partial charge in [-0.05, 0) is 17.9 Å². The molecule has 0 fully saturated rings. The van der Waals surface area contributed by atoms with Crippen LogP contribution in [0.1, 0.15) is 64.5 Å². The maximum atomic E-state index is 13.0. The Morgan fingerprint density at radius 2 is 1.74 bits per heavy atom. The number of rotatable bonds is 4. The van der Waals surface area contributed by atoms with Gasteiger partial charge in [-0.15, -0.1) is 0 Å². The number of hydrogen-bond acceptors (Lipinski definition) is 9. The highest BCUT2D eigenvalue weighted by molar-refractivity contribution is 5.96. The second-order valence-electron chi connectivity index (χ2n) is 9.19. The highest BCUT2D eigenvalue weighted by Crippen LogP contribution is 2.22. The van der Waals surface area contributed by atoms with Crippen LogP contribution in [0.5, 0.6) is 0 Å². The number of nitrogens with zero attached hydrogens (tertiary/aromatic N) is 2. The predicted molar refractivity (Wildman–Crippen MR) is 137 cm³/mol. The van der Waals surface area contributed by atoms with Crippen LogP contribution in [0.4, 0.5) is 0 Å². The highest BCUT2D eigenvalue weighted by atomic mass is 16.5. The summed E-state index contributed by atoms with van der Waals surface area (Å²) in [7, 11) is 0. The smallest absolute Gasteiger partial charge is 0.290 e. The third-order valence-electron chi connectivity index (χ3n) is 5.66. The number of carbonyl (C=O) groups excluding carboxylic acids is 3. The van der Waals surface area contributed by atoms with Gasteiger partial charge >= 0.3 is 0 Å². The third kappa shape index (κ3) is 8.78. The molecule has 13 heteroatoms. The molecule has 0 spiro atoms. The van der Waals surface area contributed by atoms with Gasteiger partial charge in [0.05, 0.1) is 6.54 Å². The van der Waals surface area contributed by atoms with Gasteiger partial charge < -0.3 is 35.3 Å². The molecule has 4 bridgehead atoms. The fourth-order valence-electron chi connectivity index (χ4n) is 3.88. The van der Waals surface area contributed by atoms with Gasteiger partial charge in [0, 0.05) is 25.6 Å². The number of nitrogens with one attached hydrogen (secondary N) is 4. The molecule has 0 radical (unpaired) electrons. The number of hydrogen-bond donors (Lipinski definition) is 5. The summed E-state index contributed by atoms with van der Waals surface area (Å²) >= 11 is 0. The van der Waals surface area contributed by atoms with Crippen molar-refractivity contribution < 1.29 is 33.2 Å². The van der Waals surface area contributed by atoms with Gasteiger partial charge in [-0.3, -0.25) is 19.2 Å². The number of oxazole rings is 1. The van der Waals surface area contributed by atoms with Gasteiger partial charge in [-0.1, -0.05) is 49.3 Å². The van der Waals surface area contributed by atoms with Gasteiger partial charge in [0.15, 0.2) is 17.1 Å². The Kier molecular flexibility index (Phi) is 10.7. The van der Waals surface area contributed by atoms with Gasteiger partial charge in [0.25, 0.3) is 18.3 Å². The predicted octanol–water partition coefficient (Wildman–Crippen LogP) is 1.44.